The van der Waals surface area contributed by atoms with Crippen molar-refractivity contribution in [1.82, 2.24) is 4.90 Å². The van der Waals surface area contributed by atoms with E-state index in [1.807, 2.05) is 0 Å². The normalized spacial score (nSPS) is 25.5. The van der Waals surface area contributed by atoms with Crippen molar-refractivity contribution >= 4 is 0 Å². The van der Waals surface area contributed by atoms with Crippen LogP contribution in [0.25, 0.3) is 0 Å². The molecule has 0 radical (unpaired) electrons. The van der Waals surface area contributed by atoms with Crippen LogP contribution in [0.4, 0.5) is 0 Å². The fraction of sp³-hybridized carbons (Fsp3) is 0.600. The molecule has 3 unspecified atom stereocenters. The van der Waals surface area contributed by atoms with Crippen LogP contribution in [-0.4, -0.2) is 23.5 Å². The van der Waals surface area contributed by atoms with Gasteiger partial charge in [-0.25, -0.2) is 0 Å². The van der Waals surface area contributed by atoms with E-state index in [0.717, 1.165) is 0 Å². The first kappa shape index (κ1) is 12.6. The van der Waals surface area contributed by atoms with Crippen LogP contribution in [0.3, 0.4) is 0 Å². The highest BCUT2D eigenvalue weighted by molar-refractivity contribution is 5.18. The number of piperidine rings is 1. The highest BCUT2D eigenvalue weighted by atomic mass is 15.2. The van der Waals surface area contributed by atoms with Crippen LogP contribution in [0, 0.1) is 0 Å². The number of nitrogens with two attached hydrogens (primary N) is 1. The molecule has 0 bridgehead atoms. The molecule has 3 atom stereocenters. The average molecular weight is 232 g/mol. The summed E-state index contributed by atoms with van der Waals surface area (Å²) < 4.78 is 0. The van der Waals surface area contributed by atoms with Gasteiger partial charge in [-0.05, 0) is 38.8 Å². The molecule has 0 spiro atoms. The van der Waals surface area contributed by atoms with Crippen molar-refractivity contribution in [3.8, 4) is 0 Å². The predicted octanol–water partition coefficient (Wildman–Crippen LogP) is 2.95. The minimum absolute atomic E-state index is 0.265. The molecule has 2 rings (SSSR count). The highest BCUT2D eigenvalue weighted by Crippen LogP contribution is 2.29. The van der Waals surface area contributed by atoms with Crippen LogP contribution in [0.5, 0.6) is 0 Å². The smallest absolute Gasteiger partial charge is 0.0323 e. The highest BCUT2D eigenvalue weighted by Gasteiger charge is 2.29. The van der Waals surface area contributed by atoms with Gasteiger partial charge in [0.1, 0.15) is 0 Å². The second-order valence-electron chi connectivity index (χ2n) is 5.25. The number of hydrogen-bond acceptors (Lipinski definition) is 2. The zero-order chi connectivity index (χ0) is 12.3. The second-order valence-corrected chi connectivity index (χ2v) is 5.25. The van der Waals surface area contributed by atoms with E-state index in [-0.39, 0.29) is 6.04 Å². The molecule has 1 aliphatic rings. The van der Waals surface area contributed by atoms with Gasteiger partial charge in [0.05, 0.1) is 0 Å². The van der Waals surface area contributed by atoms with Gasteiger partial charge in [0.25, 0.3) is 0 Å². The molecule has 1 saturated heterocycles. The van der Waals surface area contributed by atoms with E-state index in [9.17, 15) is 0 Å². The fourth-order valence-corrected chi connectivity index (χ4v) is 2.95. The van der Waals surface area contributed by atoms with Gasteiger partial charge >= 0.3 is 0 Å². The molecule has 1 fully saturated rings. The van der Waals surface area contributed by atoms with E-state index < -0.39 is 0 Å². The molecule has 1 aromatic carbocycles. The van der Waals surface area contributed by atoms with Gasteiger partial charge in [0.15, 0.2) is 0 Å². The standard InChI is InChI=1S/C15H24N2/c1-12(16)15-10-6-7-11-17(15)13(2)14-8-4-3-5-9-14/h3-5,8-9,12-13,15H,6-7,10-11,16H2,1-2H3. The van der Waals surface area contributed by atoms with E-state index in [4.69, 9.17) is 5.73 Å². The Hall–Kier alpha value is -0.860. The minimum Gasteiger partial charge on any atom is -0.327 e. The molecular weight excluding hydrogens is 208 g/mol. The van der Waals surface area contributed by atoms with E-state index in [1.54, 1.807) is 0 Å². The van der Waals surface area contributed by atoms with E-state index in [1.165, 1.54) is 31.4 Å². The van der Waals surface area contributed by atoms with E-state index in [0.29, 0.717) is 12.1 Å². The molecule has 2 heteroatoms. The minimum atomic E-state index is 0.265. The molecule has 94 valence electrons. The van der Waals surface area contributed by atoms with Crippen molar-refractivity contribution in [2.24, 2.45) is 5.73 Å². The number of likely N-dealkylation sites (tertiary alicyclic amines) is 1. The lowest BCUT2D eigenvalue weighted by molar-refractivity contribution is 0.0890. The third-order valence-corrected chi connectivity index (χ3v) is 3.98. The Bertz CT molecular complexity index is 334. The van der Waals surface area contributed by atoms with Crippen LogP contribution in [0.1, 0.15) is 44.7 Å². The molecule has 17 heavy (non-hydrogen) atoms. The largest absolute Gasteiger partial charge is 0.327 e. The Morgan fingerprint density at radius 3 is 2.53 bits per heavy atom. The molecule has 1 heterocycles. The molecule has 0 aliphatic carbocycles. The van der Waals surface area contributed by atoms with Crippen molar-refractivity contribution in [1.29, 1.82) is 0 Å². The van der Waals surface area contributed by atoms with Crippen molar-refractivity contribution < 1.29 is 0 Å². The van der Waals surface area contributed by atoms with Gasteiger partial charge < -0.3 is 5.73 Å². The van der Waals surface area contributed by atoms with Gasteiger partial charge in [-0.15, -0.1) is 0 Å². The molecule has 2 N–H and O–H groups in total. The summed E-state index contributed by atoms with van der Waals surface area (Å²) in [4.78, 5) is 2.59. The quantitative estimate of drug-likeness (QED) is 0.868. The summed E-state index contributed by atoms with van der Waals surface area (Å²) in [6.07, 6.45) is 3.87. The van der Waals surface area contributed by atoms with Gasteiger partial charge in [0, 0.05) is 18.1 Å². The molecule has 1 aliphatic heterocycles. The van der Waals surface area contributed by atoms with E-state index >= 15 is 0 Å². The summed E-state index contributed by atoms with van der Waals surface area (Å²) in [6, 6.07) is 12.0. The Balaban J connectivity index is 2.14. The first-order chi connectivity index (χ1) is 8.20. The zero-order valence-corrected chi connectivity index (χ0v) is 11.0. The molecular formula is C15H24N2. The maximum Gasteiger partial charge on any atom is 0.0323 e. The van der Waals surface area contributed by atoms with Crippen LogP contribution >= 0.6 is 0 Å². The van der Waals surface area contributed by atoms with Crippen molar-refractivity contribution in [3.63, 3.8) is 0 Å². The number of rotatable bonds is 3. The van der Waals surface area contributed by atoms with Gasteiger partial charge in [-0.3, -0.25) is 4.90 Å². The SMILES string of the molecule is CC(N)C1CCCCN1C(C)c1ccccc1. The Labute approximate surface area is 105 Å². The maximum atomic E-state index is 6.13. The molecule has 2 nitrogen and oxygen atoms in total. The van der Waals surface area contributed by atoms with Crippen molar-refractivity contribution in [2.75, 3.05) is 6.54 Å². The lowest BCUT2D eigenvalue weighted by atomic mass is 9.93. The third-order valence-electron chi connectivity index (χ3n) is 3.98. The summed E-state index contributed by atoms with van der Waals surface area (Å²) >= 11 is 0. The second kappa shape index (κ2) is 5.65. The predicted molar refractivity (Wildman–Crippen MR) is 72.9 cm³/mol. The van der Waals surface area contributed by atoms with E-state index in [2.05, 4.69) is 49.1 Å². The molecule has 0 saturated carbocycles. The number of benzene rings is 1. The zero-order valence-electron chi connectivity index (χ0n) is 11.0. The summed E-state index contributed by atoms with van der Waals surface area (Å²) in [5, 5.41) is 0. The maximum absolute atomic E-state index is 6.13. The Morgan fingerprint density at radius 1 is 1.18 bits per heavy atom. The number of nitrogens with zero attached hydrogens (tertiary/aromatic N) is 1. The lowest BCUT2D eigenvalue weighted by Gasteiger charge is -2.42. The Morgan fingerprint density at radius 2 is 1.88 bits per heavy atom. The third kappa shape index (κ3) is 2.88. The summed E-state index contributed by atoms with van der Waals surface area (Å²) in [7, 11) is 0. The monoisotopic (exact) mass is 232 g/mol. The average Bonchev–Trinajstić information content (AvgIpc) is 2.39. The summed E-state index contributed by atoms with van der Waals surface area (Å²) in [5.41, 5.74) is 7.53. The molecule has 0 amide bonds. The fourth-order valence-electron chi connectivity index (χ4n) is 2.95. The van der Waals surface area contributed by atoms with Crippen LogP contribution in [0.2, 0.25) is 0 Å². The van der Waals surface area contributed by atoms with Gasteiger partial charge in [-0.1, -0.05) is 36.8 Å². The van der Waals surface area contributed by atoms with Crippen LogP contribution < -0.4 is 5.73 Å². The van der Waals surface area contributed by atoms with Crippen LogP contribution in [0.15, 0.2) is 30.3 Å². The van der Waals surface area contributed by atoms with Crippen molar-refractivity contribution in [3.05, 3.63) is 35.9 Å². The first-order valence-electron chi connectivity index (χ1n) is 6.76. The van der Waals surface area contributed by atoms with Crippen LogP contribution in [-0.2, 0) is 0 Å². The Kier molecular flexibility index (Phi) is 4.19. The molecule has 0 aromatic heterocycles. The lowest BCUT2D eigenvalue weighted by Crippen LogP contribution is -2.49. The topological polar surface area (TPSA) is 29.3 Å². The summed E-state index contributed by atoms with van der Waals surface area (Å²) in [5.74, 6) is 0. The summed E-state index contributed by atoms with van der Waals surface area (Å²) in [6.45, 7) is 5.62. The van der Waals surface area contributed by atoms with Gasteiger partial charge in [-0.2, -0.15) is 0 Å². The number of hydrogen-bond donors (Lipinski definition) is 1. The molecule has 1 aromatic rings. The first-order valence-corrected chi connectivity index (χ1v) is 6.76. The van der Waals surface area contributed by atoms with Crippen molar-refractivity contribution in [2.45, 2.75) is 51.2 Å². The van der Waals surface area contributed by atoms with Gasteiger partial charge in [0.2, 0.25) is 0 Å².